The molecule has 0 aliphatic carbocycles. The van der Waals surface area contributed by atoms with Crippen LogP contribution in [0.1, 0.15) is 18.9 Å². The van der Waals surface area contributed by atoms with Gasteiger partial charge in [0.2, 0.25) is 5.91 Å². The molecule has 0 bridgehead atoms. The van der Waals surface area contributed by atoms with Crippen LogP contribution in [0.25, 0.3) is 0 Å². The summed E-state index contributed by atoms with van der Waals surface area (Å²) < 4.78 is 6.77. The minimum atomic E-state index is -0.482. The van der Waals surface area contributed by atoms with Crippen molar-refractivity contribution in [3.63, 3.8) is 0 Å². The van der Waals surface area contributed by atoms with Crippen molar-refractivity contribution < 1.29 is 14.5 Å². The van der Waals surface area contributed by atoms with Crippen LogP contribution in [0.5, 0.6) is 5.75 Å². The number of carbonyl (C=O) groups is 1. The number of nitro groups is 1. The number of rotatable bonds is 8. The summed E-state index contributed by atoms with van der Waals surface area (Å²) in [6.07, 6.45) is 2.34. The number of nitrogens with zero attached hydrogens (tertiary/aromatic N) is 2. The van der Waals surface area contributed by atoms with Gasteiger partial charge in [-0.3, -0.25) is 19.7 Å². The number of benzene rings is 1. The summed E-state index contributed by atoms with van der Waals surface area (Å²) in [5.41, 5.74) is 0.279. The van der Waals surface area contributed by atoms with E-state index in [1.165, 1.54) is 29.0 Å². The molecule has 0 saturated carbocycles. The lowest BCUT2D eigenvalue weighted by molar-refractivity contribution is -0.384. The molecule has 0 fully saturated rings. The van der Waals surface area contributed by atoms with Crippen molar-refractivity contribution in [3.05, 3.63) is 68.6 Å². The molecule has 1 aromatic heterocycles. The molecule has 25 heavy (non-hydrogen) atoms. The van der Waals surface area contributed by atoms with Gasteiger partial charge in [0, 0.05) is 24.9 Å². The number of carbonyl (C=O) groups excluding carboxylic acids is 1. The highest BCUT2D eigenvalue weighted by atomic mass is 16.6. The number of nitro benzene ring substituents is 1. The predicted octanol–water partition coefficient (Wildman–Crippen LogP) is 1.86. The SMILES string of the molecule is CCCNC(=O)Cn1cccc(OCc2ccc([N+](=O)[O-])cc2)c1=O. The van der Waals surface area contributed by atoms with E-state index in [9.17, 15) is 19.7 Å². The van der Waals surface area contributed by atoms with Crippen molar-refractivity contribution in [1.82, 2.24) is 9.88 Å². The number of amides is 1. The first-order valence-electron chi connectivity index (χ1n) is 7.83. The molecule has 132 valence electrons. The van der Waals surface area contributed by atoms with E-state index in [0.29, 0.717) is 12.1 Å². The molecule has 8 heteroatoms. The Morgan fingerprint density at radius 2 is 2.00 bits per heavy atom. The smallest absolute Gasteiger partial charge is 0.293 e. The largest absolute Gasteiger partial charge is 0.483 e. The second-order valence-corrected chi connectivity index (χ2v) is 5.37. The van der Waals surface area contributed by atoms with Crippen LogP contribution in [0.4, 0.5) is 5.69 Å². The van der Waals surface area contributed by atoms with E-state index in [2.05, 4.69) is 5.32 Å². The maximum Gasteiger partial charge on any atom is 0.293 e. The Hall–Kier alpha value is -3.16. The molecule has 2 rings (SSSR count). The lowest BCUT2D eigenvalue weighted by Crippen LogP contribution is -2.32. The van der Waals surface area contributed by atoms with Crippen LogP contribution >= 0.6 is 0 Å². The molecule has 0 aliphatic heterocycles. The molecule has 0 radical (unpaired) electrons. The first-order valence-corrected chi connectivity index (χ1v) is 7.83. The zero-order chi connectivity index (χ0) is 18.2. The molecule has 0 saturated heterocycles. The summed E-state index contributed by atoms with van der Waals surface area (Å²) in [5, 5.41) is 13.3. The van der Waals surface area contributed by atoms with E-state index < -0.39 is 10.5 Å². The van der Waals surface area contributed by atoms with Crippen molar-refractivity contribution in [1.29, 1.82) is 0 Å². The topological polar surface area (TPSA) is 103 Å². The predicted molar refractivity (Wildman–Crippen MR) is 91.4 cm³/mol. The summed E-state index contributed by atoms with van der Waals surface area (Å²) in [4.78, 5) is 34.2. The van der Waals surface area contributed by atoms with Crippen LogP contribution in [0.15, 0.2) is 47.4 Å². The van der Waals surface area contributed by atoms with Crippen molar-refractivity contribution in [3.8, 4) is 5.75 Å². The highest BCUT2D eigenvalue weighted by molar-refractivity contribution is 5.75. The summed E-state index contributed by atoms with van der Waals surface area (Å²) in [5.74, 6) is -0.124. The van der Waals surface area contributed by atoms with Crippen LogP contribution in [-0.4, -0.2) is 21.9 Å². The lowest BCUT2D eigenvalue weighted by atomic mass is 10.2. The number of pyridine rings is 1. The molecule has 0 atom stereocenters. The molecule has 2 aromatic rings. The van der Waals surface area contributed by atoms with Crippen LogP contribution < -0.4 is 15.6 Å². The molecule has 1 aromatic carbocycles. The average Bonchev–Trinajstić information content (AvgIpc) is 2.61. The average molecular weight is 345 g/mol. The summed E-state index contributed by atoms with van der Waals surface area (Å²) >= 11 is 0. The molecular formula is C17H19N3O5. The quantitative estimate of drug-likeness (QED) is 0.581. The maximum absolute atomic E-state index is 12.3. The molecule has 1 heterocycles. The van der Waals surface area contributed by atoms with E-state index in [1.54, 1.807) is 18.2 Å². The normalized spacial score (nSPS) is 10.3. The van der Waals surface area contributed by atoms with E-state index in [-0.39, 0.29) is 30.5 Å². The van der Waals surface area contributed by atoms with Gasteiger partial charge in [0.15, 0.2) is 5.75 Å². The van der Waals surface area contributed by atoms with Gasteiger partial charge < -0.3 is 14.6 Å². The number of hydrogen-bond acceptors (Lipinski definition) is 5. The maximum atomic E-state index is 12.3. The van der Waals surface area contributed by atoms with Gasteiger partial charge in [-0.25, -0.2) is 0 Å². The van der Waals surface area contributed by atoms with Crippen LogP contribution in [-0.2, 0) is 17.9 Å². The third kappa shape index (κ3) is 5.17. The fraction of sp³-hybridized carbons (Fsp3) is 0.294. The number of aromatic nitrogens is 1. The first kappa shape index (κ1) is 18.2. The minimum absolute atomic E-state index is 0.0103. The summed E-state index contributed by atoms with van der Waals surface area (Å²) in [6.45, 7) is 2.52. The van der Waals surface area contributed by atoms with E-state index in [1.807, 2.05) is 6.92 Å². The van der Waals surface area contributed by atoms with Crippen molar-refractivity contribution in [2.24, 2.45) is 0 Å². The Kier molecular flexibility index (Phi) is 6.27. The first-order chi connectivity index (χ1) is 12.0. The third-order valence-corrected chi connectivity index (χ3v) is 3.41. The number of nitrogens with one attached hydrogen (secondary N) is 1. The third-order valence-electron chi connectivity index (χ3n) is 3.41. The Bertz CT molecular complexity index is 799. The number of ether oxygens (including phenoxy) is 1. The van der Waals surface area contributed by atoms with Gasteiger partial charge in [0.25, 0.3) is 11.2 Å². The standard InChI is InChI=1S/C17H19N3O5/c1-2-9-18-16(21)11-19-10-3-4-15(17(19)22)25-12-13-5-7-14(8-6-13)20(23)24/h3-8,10H,2,9,11-12H2,1H3,(H,18,21). The van der Waals surface area contributed by atoms with Gasteiger partial charge in [-0.05, 0) is 36.2 Å². The highest BCUT2D eigenvalue weighted by Gasteiger charge is 2.09. The summed E-state index contributed by atoms with van der Waals surface area (Å²) in [7, 11) is 0. The Morgan fingerprint density at radius 3 is 2.64 bits per heavy atom. The van der Waals surface area contributed by atoms with Gasteiger partial charge in [-0.15, -0.1) is 0 Å². The van der Waals surface area contributed by atoms with Crippen molar-refractivity contribution >= 4 is 11.6 Å². The molecular weight excluding hydrogens is 326 g/mol. The molecule has 0 spiro atoms. The fourth-order valence-electron chi connectivity index (χ4n) is 2.10. The fourth-order valence-corrected chi connectivity index (χ4v) is 2.10. The van der Waals surface area contributed by atoms with E-state index in [0.717, 1.165) is 6.42 Å². The Morgan fingerprint density at radius 1 is 1.28 bits per heavy atom. The van der Waals surface area contributed by atoms with Crippen LogP contribution in [0, 0.1) is 10.1 Å². The van der Waals surface area contributed by atoms with Gasteiger partial charge >= 0.3 is 0 Å². The molecule has 1 amide bonds. The second kappa shape index (κ2) is 8.62. The number of hydrogen-bond donors (Lipinski definition) is 1. The monoisotopic (exact) mass is 345 g/mol. The molecule has 0 aliphatic rings. The van der Waals surface area contributed by atoms with Gasteiger partial charge in [-0.2, -0.15) is 0 Å². The zero-order valence-corrected chi connectivity index (χ0v) is 13.8. The molecule has 8 nitrogen and oxygen atoms in total. The molecule has 0 unspecified atom stereocenters. The second-order valence-electron chi connectivity index (χ2n) is 5.37. The van der Waals surface area contributed by atoms with E-state index >= 15 is 0 Å². The van der Waals surface area contributed by atoms with Crippen molar-refractivity contribution in [2.45, 2.75) is 26.5 Å². The lowest BCUT2D eigenvalue weighted by Gasteiger charge is -2.10. The zero-order valence-electron chi connectivity index (χ0n) is 13.8. The minimum Gasteiger partial charge on any atom is -0.483 e. The van der Waals surface area contributed by atoms with Crippen molar-refractivity contribution in [2.75, 3.05) is 6.54 Å². The van der Waals surface area contributed by atoms with Crippen LogP contribution in [0.2, 0.25) is 0 Å². The molecule has 1 N–H and O–H groups in total. The Labute approximate surface area is 144 Å². The Balaban J connectivity index is 2.02. The van der Waals surface area contributed by atoms with Crippen LogP contribution in [0.3, 0.4) is 0 Å². The summed E-state index contributed by atoms with van der Waals surface area (Å²) in [6, 6.07) is 9.03. The van der Waals surface area contributed by atoms with Gasteiger partial charge in [-0.1, -0.05) is 6.92 Å². The van der Waals surface area contributed by atoms with Gasteiger partial charge in [0.05, 0.1) is 4.92 Å². The highest BCUT2D eigenvalue weighted by Crippen LogP contribution is 2.13. The van der Waals surface area contributed by atoms with Gasteiger partial charge in [0.1, 0.15) is 13.2 Å². The van der Waals surface area contributed by atoms with E-state index in [4.69, 9.17) is 4.74 Å². The number of non-ortho nitro benzene ring substituents is 1.